The lowest BCUT2D eigenvalue weighted by molar-refractivity contribution is -0.127. The standard InChI is InChI=1S/C22H30FN5O.HI/c1-28(2)21(29)13-26-22(27-19-10-14-3-4-15(19)9-14)24-8-7-16-12-25-20-11-17(23)5-6-18(16)20;/h5-6,11-12,14-15,19,25H,3-4,7-10,13H2,1-2H3,(H2,24,26,27);1H. The summed E-state index contributed by atoms with van der Waals surface area (Å²) in [5.74, 6) is 2.02. The van der Waals surface area contributed by atoms with E-state index >= 15 is 0 Å². The van der Waals surface area contributed by atoms with Gasteiger partial charge in [0.15, 0.2) is 5.96 Å². The molecule has 3 unspecified atom stereocenters. The molecule has 3 atom stereocenters. The average Bonchev–Trinajstić information content (AvgIpc) is 3.41. The van der Waals surface area contributed by atoms with Crippen LogP contribution < -0.4 is 10.6 Å². The zero-order valence-electron chi connectivity index (χ0n) is 17.6. The van der Waals surface area contributed by atoms with Crippen molar-refractivity contribution in [2.45, 2.75) is 38.1 Å². The summed E-state index contributed by atoms with van der Waals surface area (Å²) < 4.78 is 13.4. The van der Waals surface area contributed by atoms with Gasteiger partial charge in [-0.2, -0.15) is 0 Å². The lowest BCUT2D eigenvalue weighted by Gasteiger charge is -2.25. The first-order valence-corrected chi connectivity index (χ1v) is 10.5. The molecule has 2 bridgehead atoms. The maximum atomic E-state index is 13.4. The van der Waals surface area contributed by atoms with Gasteiger partial charge in [0, 0.05) is 43.8 Å². The maximum Gasteiger partial charge on any atom is 0.243 e. The fraction of sp³-hybridized carbons (Fsp3) is 0.545. The molecule has 30 heavy (non-hydrogen) atoms. The van der Waals surface area contributed by atoms with Crippen LogP contribution in [0.2, 0.25) is 0 Å². The van der Waals surface area contributed by atoms with Gasteiger partial charge < -0.3 is 20.5 Å². The molecule has 0 radical (unpaired) electrons. The van der Waals surface area contributed by atoms with Gasteiger partial charge in [-0.3, -0.25) is 4.79 Å². The van der Waals surface area contributed by atoms with Crippen LogP contribution in [0.5, 0.6) is 0 Å². The molecule has 2 aliphatic rings. The van der Waals surface area contributed by atoms with Gasteiger partial charge in [-0.15, -0.1) is 24.0 Å². The largest absolute Gasteiger partial charge is 0.361 e. The summed E-state index contributed by atoms with van der Waals surface area (Å²) in [5.41, 5.74) is 1.95. The van der Waals surface area contributed by atoms with Crippen molar-refractivity contribution in [1.82, 2.24) is 20.5 Å². The minimum absolute atomic E-state index is 0. The smallest absolute Gasteiger partial charge is 0.243 e. The van der Waals surface area contributed by atoms with Crippen molar-refractivity contribution in [3.05, 3.63) is 35.8 Å². The Morgan fingerprint density at radius 3 is 2.83 bits per heavy atom. The second-order valence-corrected chi connectivity index (χ2v) is 8.56. The first kappa shape index (κ1) is 22.8. The number of H-pyrrole nitrogens is 1. The zero-order valence-corrected chi connectivity index (χ0v) is 19.9. The number of hydrogen-bond donors (Lipinski definition) is 3. The summed E-state index contributed by atoms with van der Waals surface area (Å²) >= 11 is 0. The van der Waals surface area contributed by atoms with E-state index in [1.165, 1.54) is 37.8 Å². The fourth-order valence-corrected chi connectivity index (χ4v) is 4.72. The SMILES string of the molecule is CN(C)C(=O)CN=C(NCCc1c[nH]c2cc(F)ccc12)NC1CC2CCC1C2.I. The third-order valence-corrected chi connectivity index (χ3v) is 6.35. The Labute approximate surface area is 194 Å². The zero-order chi connectivity index (χ0) is 20.4. The summed E-state index contributed by atoms with van der Waals surface area (Å²) in [6.45, 7) is 0.822. The summed E-state index contributed by atoms with van der Waals surface area (Å²) in [4.78, 5) is 21.2. The number of halogens is 2. The molecule has 1 aromatic heterocycles. The van der Waals surface area contributed by atoms with Crippen LogP contribution >= 0.6 is 24.0 Å². The van der Waals surface area contributed by atoms with Crippen LogP contribution in [-0.4, -0.2) is 55.0 Å². The molecule has 0 spiro atoms. The van der Waals surface area contributed by atoms with Gasteiger partial charge in [-0.1, -0.05) is 6.42 Å². The summed E-state index contributed by atoms with van der Waals surface area (Å²) in [6.07, 6.45) is 7.86. The second-order valence-electron chi connectivity index (χ2n) is 8.56. The number of carbonyl (C=O) groups excluding carboxylic acids is 1. The van der Waals surface area contributed by atoms with Crippen molar-refractivity contribution in [2.75, 3.05) is 27.2 Å². The third-order valence-electron chi connectivity index (χ3n) is 6.35. The number of aromatic nitrogens is 1. The molecule has 1 aromatic carbocycles. The minimum atomic E-state index is -0.237. The number of hydrogen-bond acceptors (Lipinski definition) is 2. The third kappa shape index (κ3) is 5.25. The molecule has 0 saturated heterocycles. The van der Waals surface area contributed by atoms with Crippen molar-refractivity contribution in [3.63, 3.8) is 0 Å². The summed E-state index contributed by atoms with van der Waals surface area (Å²) in [6, 6.07) is 5.27. The molecule has 4 rings (SSSR count). The molecule has 1 heterocycles. The number of aliphatic imine (C=N–C) groups is 1. The Morgan fingerprint density at radius 1 is 1.30 bits per heavy atom. The van der Waals surface area contributed by atoms with Crippen LogP contribution in [0.25, 0.3) is 10.9 Å². The molecular weight excluding hydrogens is 496 g/mol. The van der Waals surface area contributed by atoms with E-state index in [-0.39, 0.29) is 42.2 Å². The Hall–Kier alpha value is -1.84. The number of fused-ring (bicyclic) bond motifs is 3. The lowest BCUT2D eigenvalue weighted by atomic mass is 9.95. The van der Waals surface area contributed by atoms with E-state index in [0.29, 0.717) is 18.5 Å². The minimum Gasteiger partial charge on any atom is -0.361 e. The van der Waals surface area contributed by atoms with Crippen molar-refractivity contribution < 1.29 is 9.18 Å². The number of carbonyl (C=O) groups is 1. The number of aromatic amines is 1. The first-order chi connectivity index (χ1) is 14.0. The second kappa shape index (κ2) is 9.98. The fourth-order valence-electron chi connectivity index (χ4n) is 4.72. The Bertz CT molecular complexity index is 912. The van der Waals surface area contributed by atoms with E-state index in [0.717, 1.165) is 34.7 Å². The van der Waals surface area contributed by atoms with Crippen LogP contribution in [0.1, 0.15) is 31.2 Å². The molecule has 0 aliphatic heterocycles. The van der Waals surface area contributed by atoms with Gasteiger partial charge in [0.05, 0.1) is 0 Å². The van der Waals surface area contributed by atoms with Crippen LogP contribution in [0.4, 0.5) is 4.39 Å². The summed E-state index contributed by atoms with van der Waals surface area (Å²) in [5, 5.41) is 8.01. The highest BCUT2D eigenvalue weighted by Gasteiger charge is 2.39. The summed E-state index contributed by atoms with van der Waals surface area (Å²) in [7, 11) is 3.49. The quantitative estimate of drug-likeness (QED) is 0.307. The van der Waals surface area contributed by atoms with Crippen LogP contribution in [0.3, 0.4) is 0 Å². The predicted octanol–water partition coefficient (Wildman–Crippen LogP) is 3.28. The van der Waals surface area contributed by atoms with Gasteiger partial charge >= 0.3 is 0 Å². The predicted molar refractivity (Wildman–Crippen MR) is 129 cm³/mol. The molecule has 3 N–H and O–H groups in total. The first-order valence-electron chi connectivity index (χ1n) is 10.5. The topological polar surface area (TPSA) is 72.5 Å². The van der Waals surface area contributed by atoms with Crippen molar-refractivity contribution >= 4 is 46.7 Å². The monoisotopic (exact) mass is 527 g/mol. The van der Waals surface area contributed by atoms with Crippen molar-refractivity contribution in [2.24, 2.45) is 16.8 Å². The average molecular weight is 527 g/mol. The van der Waals surface area contributed by atoms with E-state index in [1.54, 1.807) is 19.0 Å². The molecule has 2 fully saturated rings. The highest BCUT2D eigenvalue weighted by molar-refractivity contribution is 14.0. The van der Waals surface area contributed by atoms with Gasteiger partial charge in [-0.05, 0) is 61.3 Å². The normalized spacial score (nSPS) is 22.8. The molecule has 2 aliphatic carbocycles. The van der Waals surface area contributed by atoms with Crippen LogP contribution in [0, 0.1) is 17.7 Å². The Balaban J connectivity index is 0.00000256. The van der Waals surface area contributed by atoms with E-state index in [1.807, 2.05) is 12.3 Å². The molecule has 8 heteroatoms. The van der Waals surface area contributed by atoms with E-state index in [2.05, 4.69) is 20.6 Å². The van der Waals surface area contributed by atoms with E-state index in [4.69, 9.17) is 0 Å². The van der Waals surface area contributed by atoms with E-state index in [9.17, 15) is 9.18 Å². The van der Waals surface area contributed by atoms with Gasteiger partial charge in [0.1, 0.15) is 12.4 Å². The number of nitrogens with one attached hydrogen (secondary N) is 3. The number of nitrogens with zero attached hydrogens (tertiary/aromatic N) is 2. The molecule has 2 aromatic rings. The van der Waals surface area contributed by atoms with Crippen molar-refractivity contribution in [3.8, 4) is 0 Å². The molecule has 2 saturated carbocycles. The number of benzene rings is 1. The molecule has 1 amide bonds. The lowest BCUT2D eigenvalue weighted by Crippen LogP contribution is -2.46. The number of likely N-dealkylation sites (N-methyl/N-ethyl adjacent to an activating group) is 1. The molecular formula is C22H31FIN5O. The number of rotatable bonds is 6. The van der Waals surface area contributed by atoms with Crippen LogP contribution in [-0.2, 0) is 11.2 Å². The Morgan fingerprint density at radius 2 is 2.13 bits per heavy atom. The van der Waals surface area contributed by atoms with Gasteiger partial charge in [0.2, 0.25) is 5.91 Å². The van der Waals surface area contributed by atoms with Crippen LogP contribution in [0.15, 0.2) is 29.4 Å². The van der Waals surface area contributed by atoms with Gasteiger partial charge in [-0.25, -0.2) is 9.38 Å². The highest BCUT2D eigenvalue weighted by Crippen LogP contribution is 2.44. The number of guanidine groups is 1. The molecule has 6 nitrogen and oxygen atoms in total. The van der Waals surface area contributed by atoms with E-state index < -0.39 is 0 Å². The van der Waals surface area contributed by atoms with Gasteiger partial charge in [0.25, 0.3) is 0 Å². The number of amides is 1. The Kier molecular flexibility index (Phi) is 7.60. The van der Waals surface area contributed by atoms with Crippen molar-refractivity contribution in [1.29, 1.82) is 0 Å². The molecule has 164 valence electrons. The highest BCUT2D eigenvalue weighted by atomic mass is 127. The maximum absolute atomic E-state index is 13.4.